The smallest absolute Gasteiger partial charge is 0.249 e. The second-order valence-corrected chi connectivity index (χ2v) is 8.26. The number of pyridine rings is 2. The number of nitrogens with one attached hydrogen (secondary N) is 5. The van der Waals surface area contributed by atoms with E-state index >= 15 is 0 Å². The molecule has 0 amide bonds. The largest absolute Gasteiger partial charge is 0.373 e. The number of hydrogen-bond donors (Lipinski definition) is 5. The maximum atomic E-state index is 14.8. The normalized spacial score (nSPS) is 13.4. The molecular weight excluding hydrogens is 512 g/mol. The van der Waals surface area contributed by atoms with E-state index in [0.717, 1.165) is 18.3 Å². The van der Waals surface area contributed by atoms with E-state index in [-0.39, 0.29) is 27.5 Å². The highest BCUT2D eigenvalue weighted by Crippen LogP contribution is 2.37. The van der Waals surface area contributed by atoms with Crippen molar-refractivity contribution in [2.24, 2.45) is 0 Å². The van der Waals surface area contributed by atoms with Gasteiger partial charge in [0.25, 0.3) is 0 Å². The summed E-state index contributed by atoms with van der Waals surface area (Å²) in [6.45, 7) is 0. The number of rotatable bonds is 6. The van der Waals surface area contributed by atoms with Crippen LogP contribution in [0.4, 0.5) is 34.6 Å². The van der Waals surface area contributed by atoms with Crippen LogP contribution in [0.5, 0.6) is 0 Å². The van der Waals surface area contributed by atoms with E-state index in [1.165, 1.54) is 30.6 Å². The standard InChI is InChI=1S/C24H15ClF4N8/c25-16-5-12(34-23(19-10-33-37-36-19)14-2-1-3-17(26)20(14)28)4-15-21(11(7-30)8-31-22(15)16)35-13-6-18(27)24(29)32-9-13/h1-6,8-10,23,33-34,36-37H,(H,31,35)/t23-/m0/s1. The molecule has 186 valence electrons. The molecule has 0 aliphatic carbocycles. The molecule has 1 aliphatic heterocycles. The fourth-order valence-electron chi connectivity index (χ4n) is 3.84. The summed E-state index contributed by atoms with van der Waals surface area (Å²) >= 11 is 6.50. The molecule has 0 saturated carbocycles. The fraction of sp³-hybridized carbons (Fsp3) is 0.0417. The van der Waals surface area contributed by atoms with E-state index in [2.05, 4.69) is 37.0 Å². The first-order valence-electron chi connectivity index (χ1n) is 10.6. The molecule has 3 heterocycles. The van der Waals surface area contributed by atoms with Gasteiger partial charge in [-0.15, -0.1) is 0 Å². The summed E-state index contributed by atoms with van der Waals surface area (Å²) in [7, 11) is 0. The Bertz CT molecular complexity index is 1600. The summed E-state index contributed by atoms with van der Waals surface area (Å²) in [6.07, 6.45) is 3.88. The van der Waals surface area contributed by atoms with Crippen LogP contribution in [0.15, 0.2) is 60.7 Å². The topological polar surface area (TPSA) is 110 Å². The van der Waals surface area contributed by atoms with Crippen molar-refractivity contribution in [1.82, 2.24) is 26.4 Å². The molecule has 37 heavy (non-hydrogen) atoms. The maximum absolute atomic E-state index is 14.8. The first-order valence-corrected chi connectivity index (χ1v) is 11.0. The number of nitriles is 1. The van der Waals surface area contributed by atoms with Gasteiger partial charge in [0.1, 0.15) is 6.07 Å². The molecule has 0 unspecified atom stereocenters. The van der Waals surface area contributed by atoms with Crippen LogP contribution in [0.2, 0.25) is 5.02 Å². The summed E-state index contributed by atoms with van der Waals surface area (Å²) in [6, 6.07) is 8.93. The lowest BCUT2D eigenvalue weighted by atomic mass is 10.0. The summed E-state index contributed by atoms with van der Waals surface area (Å²) < 4.78 is 55.9. The minimum atomic E-state index is -1.27. The summed E-state index contributed by atoms with van der Waals surface area (Å²) in [5, 5.41) is 16.2. The Balaban J connectivity index is 1.62. The highest BCUT2D eigenvalue weighted by molar-refractivity contribution is 6.36. The number of fused-ring (bicyclic) bond motifs is 1. The molecule has 2 aromatic carbocycles. The van der Waals surface area contributed by atoms with Gasteiger partial charge in [0.2, 0.25) is 5.95 Å². The monoisotopic (exact) mass is 526 g/mol. The van der Waals surface area contributed by atoms with E-state index in [4.69, 9.17) is 11.6 Å². The molecule has 0 saturated heterocycles. The van der Waals surface area contributed by atoms with Crippen LogP contribution < -0.4 is 27.0 Å². The van der Waals surface area contributed by atoms with E-state index < -0.39 is 29.4 Å². The summed E-state index contributed by atoms with van der Waals surface area (Å²) in [5.41, 5.74) is 9.69. The first-order chi connectivity index (χ1) is 17.9. The van der Waals surface area contributed by atoms with Gasteiger partial charge >= 0.3 is 0 Å². The van der Waals surface area contributed by atoms with Crippen molar-refractivity contribution in [2.75, 3.05) is 10.6 Å². The van der Waals surface area contributed by atoms with Crippen LogP contribution in [0.1, 0.15) is 17.2 Å². The Morgan fingerprint density at radius 1 is 1.00 bits per heavy atom. The zero-order chi connectivity index (χ0) is 26.1. The minimum Gasteiger partial charge on any atom is -0.373 e. The average molecular weight is 527 g/mol. The number of aromatic nitrogens is 2. The third-order valence-electron chi connectivity index (χ3n) is 5.53. The molecule has 2 aromatic heterocycles. The van der Waals surface area contributed by atoms with Gasteiger partial charge in [0, 0.05) is 35.1 Å². The summed E-state index contributed by atoms with van der Waals surface area (Å²) in [5.74, 6) is -4.51. The lowest BCUT2D eigenvalue weighted by Gasteiger charge is -2.23. The van der Waals surface area contributed by atoms with Crippen molar-refractivity contribution >= 4 is 39.6 Å². The number of hydrazine groups is 2. The molecule has 8 nitrogen and oxygen atoms in total. The second kappa shape index (κ2) is 9.81. The molecule has 0 radical (unpaired) electrons. The minimum absolute atomic E-state index is 0.00980. The highest BCUT2D eigenvalue weighted by atomic mass is 35.5. The molecular formula is C24H15ClF4N8. The number of anilines is 3. The fourth-order valence-corrected chi connectivity index (χ4v) is 4.11. The Morgan fingerprint density at radius 3 is 2.57 bits per heavy atom. The quantitative estimate of drug-likeness (QED) is 0.175. The zero-order valence-electron chi connectivity index (χ0n) is 18.5. The number of nitrogens with zero attached hydrogens (tertiary/aromatic N) is 3. The molecule has 1 aliphatic rings. The van der Waals surface area contributed by atoms with Crippen LogP contribution >= 0.6 is 11.6 Å². The van der Waals surface area contributed by atoms with Gasteiger partial charge in [0.05, 0.1) is 45.4 Å². The third-order valence-corrected chi connectivity index (χ3v) is 5.82. The maximum Gasteiger partial charge on any atom is 0.249 e. The molecule has 0 bridgehead atoms. The van der Waals surface area contributed by atoms with Crippen molar-refractivity contribution in [2.45, 2.75) is 6.04 Å². The van der Waals surface area contributed by atoms with Crippen molar-refractivity contribution in [1.29, 1.82) is 5.26 Å². The van der Waals surface area contributed by atoms with Gasteiger partial charge in [0.15, 0.2) is 17.5 Å². The van der Waals surface area contributed by atoms with Crippen molar-refractivity contribution < 1.29 is 17.6 Å². The molecule has 5 N–H and O–H groups in total. The highest BCUT2D eigenvalue weighted by Gasteiger charge is 2.25. The summed E-state index contributed by atoms with van der Waals surface area (Å²) in [4.78, 5) is 7.59. The predicted molar refractivity (Wildman–Crippen MR) is 129 cm³/mol. The molecule has 5 rings (SSSR count). The van der Waals surface area contributed by atoms with Gasteiger partial charge in [-0.2, -0.15) is 15.2 Å². The molecule has 13 heteroatoms. The van der Waals surface area contributed by atoms with Gasteiger partial charge < -0.3 is 21.5 Å². The molecule has 0 fully saturated rings. The zero-order valence-corrected chi connectivity index (χ0v) is 19.3. The lowest BCUT2D eigenvalue weighted by Crippen LogP contribution is -2.34. The van der Waals surface area contributed by atoms with E-state index in [9.17, 15) is 22.8 Å². The number of benzene rings is 2. The number of hydrogen-bond acceptors (Lipinski definition) is 8. The van der Waals surface area contributed by atoms with Gasteiger partial charge in [-0.05, 0) is 18.2 Å². The van der Waals surface area contributed by atoms with Crippen molar-refractivity contribution in [3.8, 4) is 6.07 Å². The van der Waals surface area contributed by atoms with E-state index in [1.54, 1.807) is 6.07 Å². The third kappa shape index (κ3) is 4.65. The van der Waals surface area contributed by atoms with Gasteiger partial charge in [-0.25, -0.2) is 18.2 Å². The average Bonchev–Trinajstić information content (AvgIpc) is 3.42. The SMILES string of the molecule is N#Cc1cnc2c(Cl)cc(N[C@H](C3=CNNN3)c3cccc(F)c3F)cc2c1Nc1cnc(F)c(F)c1. The lowest BCUT2D eigenvalue weighted by molar-refractivity contribution is 0.480. The van der Waals surface area contributed by atoms with E-state index in [1.807, 2.05) is 6.07 Å². The predicted octanol–water partition coefficient (Wildman–Crippen LogP) is 5.06. The van der Waals surface area contributed by atoms with E-state index in [0.29, 0.717) is 22.3 Å². The van der Waals surface area contributed by atoms with Crippen LogP contribution in [0, 0.1) is 34.7 Å². The van der Waals surface area contributed by atoms with Crippen molar-refractivity contribution in [3.05, 3.63) is 100 Å². The van der Waals surface area contributed by atoms with Crippen LogP contribution in [0.3, 0.4) is 0 Å². The van der Waals surface area contributed by atoms with Gasteiger partial charge in [-0.1, -0.05) is 23.7 Å². The second-order valence-electron chi connectivity index (χ2n) is 7.85. The van der Waals surface area contributed by atoms with Crippen LogP contribution in [0.25, 0.3) is 10.9 Å². The Hall–Kier alpha value is -4.60. The molecule has 1 atom stereocenters. The Labute approximate surface area is 211 Å². The van der Waals surface area contributed by atoms with Crippen LogP contribution in [-0.4, -0.2) is 9.97 Å². The van der Waals surface area contributed by atoms with Gasteiger partial charge in [-0.3, -0.25) is 4.98 Å². The Kier molecular flexibility index (Phi) is 6.39. The molecule has 4 aromatic rings. The van der Waals surface area contributed by atoms with Crippen LogP contribution in [-0.2, 0) is 0 Å². The first kappa shape index (κ1) is 24.1. The number of halogens is 5. The Morgan fingerprint density at radius 2 is 1.84 bits per heavy atom. The van der Waals surface area contributed by atoms with Crippen molar-refractivity contribution in [3.63, 3.8) is 0 Å². The molecule has 0 spiro atoms.